The predicted octanol–water partition coefficient (Wildman–Crippen LogP) is 3.69. The zero-order valence-corrected chi connectivity index (χ0v) is 18.8. The first-order chi connectivity index (χ1) is 16.7. The van der Waals surface area contributed by atoms with Crippen LogP contribution in [0.1, 0.15) is 15.9 Å². The molecule has 6 rings (SSSR count). The summed E-state index contributed by atoms with van der Waals surface area (Å²) in [6, 6.07) is 15.5. The number of piperazine rings is 1. The van der Waals surface area contributed by atoms with Crippen LogP contribution in [-0.2, 0) is 0 Å². The quantitative estimate of drug-likeness (QED) is 0.468. The van der Waals surface area contributed by atoms with Gasteiger partial charge in [-0.25, -0.2) is 15.0 Å². The number of fused-ring (bicyclic) bond motifs is 2. The number of benzene rings is 2. The van der Waals surface area contributed by atoms with Crippen molar-refractivity contribution in [2.45, 2.75) is 6.92 Å². The maximum atomic E-state index is 13.7. The van der Waals surface area contributed by atoms with Crippen LogP contribution in [0.5, 0.6) is 11.5 Å². The van der Waals surface area contributed by atoms with E-state index in [9.17, 15) is 4.79 Å². The Labute approximate surface area is 196 Å². The molecule has 34 heavy (non-hydrogen) atoms. The third kappa shape index (κ3) is 3.67. The highest BCUT2D eigenvalue weighted by molar-refractivity contribution is 6.07. The first-order valence-electron chi connectivity index (χ1n) is 11.3. The molecule has 1 amide bonds. The van der Waals surface area contributed by atoms with Crippen molar-refractivity contribution in [2.24, 2.45) is 0 Å². The van der Waals surface area contributed by atoms with Crippen LogP contribution in [0.2, 0.25) is 0 Å². The fourth-order valence-corrected chi connectivity index (χ4v) is 4.45. The number of hydrogen-bond donors (Lipinski definition) is 0. The minimum atomic E-state index is 0.00798. The molecule has 1 saturated heterocycles. The number of nitrogens with zero attached hydrogens (tertiary/aromatic N) is 5. The highest BCUT2D eigenvalue weighted by Gasteiger charge is 2.26. The highest BCUT2D eigenvalue weighted by Crippen LogP contribution is 2.36. The summed E-state index contributed by atoms with van der Waals surface area (Å²) in [6.45, 7) is 4.82. The summed E-state index contributed by atoms with van der Waals surface area (Å²) in [5.41, 5.74) is 4.15. The van der Waals surface area contributed by atoms with Crippen LogP contribution >= 0.6 is 0 Å². The van der Waals surface area contributed by atoms with Crippen molar-refractivity contribution in [1.29, 1.82) is 0 Å². The van der Waals surface area contributed by atoms with E-state index in [0.29, 0.717) is 43.4 Å². The van der Waals surface area contributed by atoms with Gasteiger partial charge in [-0.1, -0.05) is 11.6 Å². The molecule has 2 aromatic heterocycles. The molecule has 0 atom stereocenters. The van der Waals surface area contributed by atoms with Gasteiger partial charge in [0.15, 0.2) is 11.5 Å². The lowest BCUT2D eigenvalue weighted by molar-refractivity contribution is 0.0748. The lowest BCUT2D eigenvalue weighted by atomic mass is 10.0. The maximum Gasteiger partial charge on any atom is 0.254 e. The van der Waals surface area contributed by atoms with Crippen molar-refractivity contribution in [3.05, 3.63) is 72.1 Å². The van der Waals surface area contributed by atoms with Crippen LogP contribution in [0.3, 0.4) is 0 Å². The minimum Gasteiger partial charge on any atom is -0.454 e. The zero-order valence-electron chi connectivity index (χ0n) is 18.8. The number of hydrogen-bond acceptors (Lipinski definition) is 7. The number of amides is 1. The molecule has 0 unspecified atom stereocenters. The number of aromatic nitrogens is 3. The monoisotopic (exact) mass is 453 g/mol. The fourth-order valence-electron chi connectivity index (χ4n) is 4.45. The van der Waals surface area contributed by atoms with Gasteiger partial charge in [0.05, 0.1) is 16.8 Å². The Hall–Kier alpha value is -4.20. The van der Waals surface area contributed by atoms with Crippen molar-refractivity contribution in [2.75, 3.05) is 37.9 Å². The number of carbonyl (C=O) groups excluding carboxylic acids is 1. The Balaban J connectivity index is 1.34. The first-order valence-corrected chi connectivity index (χ1v) is 11.3. The number of pyridine rings is 1. The number of carbonyl (C=O) groups is 1. The Bertz CT molecular complexity index is 1380. The number of aryl methyl sites for hydroxylation is 1. The summed E-state index contributed by atoms with van der Waals surface area (Å²) in [4.78, 5) is 31.3. The molecule has 8 heteroatoms. The molecule has 0 bridgehead atoms. The van der Waals surface area contributed by atoms with Crippen LogP contribution in [0.4, 0.5) is 5.95 Å². The van der Waals surface area contributed by atoms with Crippen LogP contribution < -0.4 is 14.4 Å². The van der Waals surface area contributed by atoms with Gasteiger partial charge in [-0.05, 0) is 49.4 Å². The van der Waals surface area contributed by atoms with E-state index in [-0.39, 0.29) is 12.7 Å². The van der Waals surface area contributed by atoms with Crippen LogP contribution in [0.25, 0.3) is 22.2 Å². The smallest absolute Gasteiger partial charge is 0.254 e. The minimum absolute atomic E-state index is 0.00798. The third-order valence-electron chi connectivity index (χ3n) is 6.26. The summed E-state index contributed by atoms with van der Waals surface area (Å²) in [6.07, 6.45) is 3.48. The van der Waals surface area contributed by atoms with E-state index >= 15 is 0 Å². The van der Waals surface area contributed by atoms with Gasteiger partial charge < -0.3 is 19.3 Å². The van der Waals surface area contributed by atoms with E-state index in [4.69, 9.17) is 14.5 Å². The summed E-state index contributed by atoms with van der Waals surface area (Å²) in [5, 5.41) is 0.864. The van der Waals surface area contributed by atoms with Gasteiger partial charge in [-0.15, -0.1) is 0 Å². The van der Waals surface area contributed by atoms with Gasteiger partial charge in [-0.2, -0.15) is 0 Å². The van der Waals surface area contributed by atoms with Crippen molar-refractivity contribution < 1.29 is 14.3 Å². The van der Waals surface area contributed by atoms with Crippen molar-refractivity contribution in [3.63, 3.8) is 0 Å². The summed E-state index contributed by atoms with van der Waals surface area (Å²) in [7, 11) is 0. The first kappa shape index (κ1) is 20.4. The van der Waals surface area contributed by atoms with Gasteiger partial charge >= 0.3 is 0 Å². The summed E-state index contributed by atoms with van der Waals surface area (Å²) >= 11 is 0. The molecule has 0 aliphatic carbocycles. The molecule has 0 saturated carbocycles. The third-order valence-corrected chi connectivity index (χ3v) is 6.26. The lowest BCUT2D eigenvalue weighted by Crippen LogP contribution is -2.49. The average molecular weight is 454 g/mol. The second-order valence-corrected chi connectivity index (χ2v) is 8.47. The Morgan fingerprint density at radius 2 is 1.71 bits per heavy atom. The summed E-state index contributed by atoms with van der Waals surface area (Å²) < 4.78 is 11.0. The van der Waals surface area contributed by atoms with Gasteiger partial charge in [-0.3, -0.25) is 4.79 Å². The Kier molecular flexibility index (Phi) is 4.98. The molecule has 8 nitrogen and oxygen atoms in total. The van der Waals surface area contributed by atoms with E-state index in [1.807, 2.05) is 54.3 Å². The molecule has 2 aliphatic heterocycles. The largest absolute Gasteiger partial charge is 0.454 e. The highest BCUT2D eigenvalue weighted by atomic mass is 16.7. The second kappa shape index (κ2) is 8.30. The Morgan fingerprint density at radius 1 is 0.912 bits per heavy atom. The predicted molar refractivity (Wildman–Crippen MR) is 128 cm³/mol. The molecule has 0 spiro atoms. The molecule has 170 valence electrons. The maximum absolute atomic E-state index is 13.7. The summed E-state index contributed by atoms with van der Waals surface area (Å²) in [5.74, 6) is 2.12. The zero-order chi connectivity index (χ0) is 23.1. The molecule has 1 fully saturated rings. The normalized spacial score (nSPS) is 15.1. The molecule has 0 radical (unpaired) electrons. The standard InChI is InChI=1S/C26H23N5O3/c1-17-3-5-21-19(13-17)20(15-22(29-21)18-4-6-23-24(14-18)34-16-33-23)25(32)30-9-11-31(12-10-30)26-27-7-2-8-28-26/h2-8,13-15H,9-12,16H2,1H3. The Morgan fingerprint density at radius 3 is 2.53 bits per heavy atom. The van der Waals surface area contributed by atoms with Crippen LogP contribution in [-0.4, -0.2) is 58.7 Å². The molecule has 0 N–H and O–H groups in total. The van der Waals surface area contributed by atoms with Gasteiger partial charge in [0, 0.05) is 49.5 Å². The van der Waals surface area contributed by atoms with Crippen molar-refractivity contribution in [3.8, 4) is 22.8 Å². The molecule has 2 aliphatic rings. The fraction of sp³-hybridized carbons (Fsp3) is 0.231. The topological polar surface area (TPSA) is 80.7 Å². The molecule has 2 aromatic carbocycles. The number of rotatable bonds is 3. The number of anilines is 1. The van der Waals surface area contributed by atoms with Crippen LogP contribution in [0.15, 0.2) is 60.9 Å². The van der Waals surface area contributed by atoms with Gasteiger partial charge in [0.2, 0.25) is 12.7 Å². The van der Waals surface area contributed by atoms with E-state index in [0.717, 1.165) is 33.5 Å². The van der Waals surface area contributed by atoms with Gasteiger partial charge in [0.1, 0.15) is 0 Å². The van der Waals surface area contributed by atoms with E-state index in [2.05, 4.69) is 14.9 Å². The molecular formula is C26H23N5O3. The lowest BCUT2D eigenvalue weighted by Gasteiger charge is -2.35. The van der Waals surface area contributed by atoms with E-state index in [1.165, 1.54) is 0 Å². The molecule has 4 heterocycles. The van der Waals surface area contributed by atoms with Crippen molar-refractivity contribution >= 4 is 22.8 Å². The molecular weight excluding hydrogens is 430 g/mol. The van der Waals surface area contributed by atoms with Crippen LogP contribution in [0, 0.1) is 6.92 Å². The SMILES string of the molecule is Cc1ccc2nc(-c3ccc4c(c3)OCO4)cc(C(=O)N3CCN(c4ncccn4)CC3)c2c1. The second-order valence-electron chi connectivity index (χ2n) is 8.47. The number of ether oxygens (including phenoxy) is 2. The van der Waals surface area contributed by atoms with Crippen molar-refractivity contribution in [1.82, 2.24) is 19.9 Å². The molecule has 4 aromatic rings. The van der Waals surface area contributed by atoms with Gasteiger partial charge in [0.25, 0.3) is 5.91 Å². The van der Waals surface area contributed by atoms with E-state index < -0.39 is 0 Å². The van der Waals surface area contributed by atoms with E-state index in [1.54, 1.807) is 18.5 Å². The average Bonchev–Trinajstić information content (AvgIpc) is 3.36.